The third-order valence-electron chi connectivity index (χ3n) is 4.14. The summed E-state index contributed by atoms with van der Waals surface area (Å²) >= 11 is 0. The smallest absolute Gasteiger partial charge is 0.238 e. The van der Waals surface area contributed by atoms with E-state index in [4.69, 9.17) is 5.14 Å². The molecule has 0 saturated heterocycles. The van der Waals surface area contributed by atoms with E-state index in [-0.39, 0.29) is 29.5 Å². The predicted octanol–water partition coefficient (Wildman–Crippen LogP) is 0.632. The largest absolute Gasteiger partial charge is 0.352 e. The summed E-state index contributed by atoms with van der Waals surface area (Å²) in [6, 6.07) is 13.1. The molecular weight excluding hydrogens is 402 g/mol. The summed E-state index contributed by atoms with van der Waals surface area (Å²) in [7, 11) is -5.79. The van der Waals surface area contributed by atoms with Crippen LogP contribution in [0.25, 0.3) is 0 Å². The van der Waals surface area contributed by atoms with Gasteiger partial charge in [-0.15, -0.1) is 0 Å². The van der Waals surface area contributed by atoms with Crippen LogP contribution in [0.4, 0.5) is 0 Å². The van der Waals surface area contributed by atoms with Gasteiger partial charge in [0.25, 0.3) is 0 Å². The van der Waals surface area contributed by atoms with Gasteiger partial charge in [-0.2, -0.15) is 0 Å². The van der Waals surface area contributed by atoms with Crippen LogP contribution in [0.2, 0.25) is 0 Å². The number of aryl methyl sites for hydroxylation is 1. The summed E-state index contributed by atoms with van der Waals surface area (Å²) in [4.78, 5) is 12.1. The number of hydrogen-bond acceptors (Lipinski definition) is 5. The number of sulfonamides is 2. The Kier molecular flexibility index (Phi) is 7.30. The van der Waals surface area contributed by atoms with Crippen molar-refractivity contribution in [3.8, 4) is 0 Å². The maximum atomic E-state index is 12.1. The van der Waals surface area contributed by atoms with Gasteiger partial charge in [-0.05, 0) is 42.3 Å². The van der Waals surface area contributed by atoms with Crippen LogP contribution in [0.1, 0.15) is 23.1 Å². The lowest BCUT2D eigenvalue weighted by molar-refractivity contribution is -0.121. The van der Waals surface area contributed by atoms with E-state index in [1.54, 1.807) is 36.4 Å². The summed E-state index contributed by atoms with van der Waals surface area (Å²) in [6.07, 6.45) is 0.651. The van der Waals surface area contributed by atoms with Crippen molar-refractivity contribution in [2.75, 3.05) is 7.05 Å². The van der Waals surface area contributed by atoms with E-state index in [0.29, 0.717) is 12.0 Å². The highest BCUT2D eigenvalue weighted by Gasteiger charge is 2.13. The maximum absolute atomic E-state index is 12.1. The number of hydrogen-bond donors (Lipinski definition) is 3. The average Bonchev–Trinajstić information content (AvgIpc) is 2.65. The van der Waals surface area contributed by atoms with Crippen molar-refractivity contribution in [2.45, 2.75) is 30.0 Å². The molecule has 2 aromatic rings. The van der Waals surface area contributed by atoms with Crippen molar-refractivity contribution >= 4 is 26.0 Å². The number of amides is 1. The molecule has 28 heavy (non-hydrogen) atoms. The molecule has 0 fully saturated rings. The van der Waals surface area contributed by atoms with E-state index in [0.717, 1.165) is 11.1 Å². The molecule has 0 aliphatic rings. The first-order valence-electron chi connectivity index (χ1n) is 8.47. The number of benzene rings is 2. The zero-order valence-corrected chi connectivity index (χ0v) is 17.0. The van der Waals surface area contributed by atoms with Gasteiger partial charge < -0.3 is 5.32 Å². The van der Waals surface area contributed by atoms with Gasteiger partial charge in [-0.1, -0.05) is 36.4 Å². The van der Waals surface area contributed by atoms with Crippen LogP contribution in [0.5, 0.6) is 0 Å². The first kappa shape index (κ1) is 22.0. The first-order valence-corrected chi connectivity index (χ1v) is 11.7. The number of carbonyl (C=O) groups excluding carboxylic acids is 1. The van der Waals surface area contributed by atoms with Crippen LogP contribution in [0.3, 0.4) is 0 Å². The van der Waals surface area contributed by atoms with Crippen molar-refractivity contribution in [3.63, 3.8) is 0 Å². The van der Waals surface area contributed by atoms with E-state index in [2.05, 4.69) is 10.0 Å². The molecular formula is C18H23N3O5S2. The summed E-state index contributed by atoms with van der Waals surface area (Å²) < 4.78 is 48.3. The molecule has 0 aliphatic carbocycles. The summed E-state index contributed by atoms with van der Waals surface area (Å²) in [5, 5.41) is 7.83. The van der Waals surface area contributed by atoms with Crippen LogP contribution >= 0.6 is 0 Å². The normalized spacial score (nSPS) is 11.9. The van der Waals surface area contributed by atoms with Gasteiger partial charge in [0, 0.05) is 13.0 Å². The molecule has 0 aromatic heterocycles. The Morgan fingerprint density at radius 1 is 0.964 bits per heavy atom. The number of carbonyl (C=O) groups is 1. The molecule has 0 bridgehead atoms. The SMILES string of the molecule is CNS(=O)(=O)Cc1ccccc1CNC(=O)CCc1ccc(S(N)(=O)=O)cc1. The Balaban J connectivity index is 1.91. The fourth-order valence-electron chi connectivity index (χ4n) is 2.53. The van der Waals surface area contributed by atoms with E-state index in [1.807, 2.05) is 0 Å². The van der Waals surface area contributed by atoms with E-state index in [9.17, 15) is 21.6 Å². The molecule has 0 saturated carbocycles. The minimum absolute atomic E-state index is 0.0221. The number of rotatable bonds is 9. The van der Waals surface area contributed by atoms with E-state index >= 15 is 0 Å². The topological polar surface area (TPSA) is 135 Å². The molecule has 0 atom stereocenters. The van der Waals surface area contributed by atoms with Crippen molar-refractivity contribution in [3.05, 3.63) is 65.2 Å². The summed E-state index contributed by atoms with van der Waals surface area (Å²) in [5.74, 6) is -0.354. The Hall–Kier alpha value is -2.27. The van der Waals surface area contributed by atoms with Gasteiger partial charge in [0.05, 0.1) is 10.6 Å². The Labute approximate surface area is 165 Å². The van der Waals surface area contributed by atoms with Crippen molar-refractivity contribution in [1.29, 1.82) is 0 Å². The Bertz CT molecular complexity index is 1030. The highest BCUT2D eigenvalue weighted by molar-refractivity contribution is 7.89. The molecule has 4 N–H and O–H groups in total. The highest BCUT2D eigenvalue weighted by atomic mass is 32.2. The van der Waals surface area contributed by atoms with Gasteiger partial charge in [-0.25, -0.2) is 26.7 Å². The molecule has 8 nitrogen and oxygen atoms in total. The van der Waals surface area contributed by atoms with Crippen molar-refractivity contribution in [2.24, 2.45) is 5.14 Å². The van der Waals surface area contributed by atoms with Crippen LogP contribution in [-0.4, -0.2) is 29.8 Å². The second kappa shape index (κ2) is 9.28. The molecule has 0 unspecified atom stereocenters. The van der Waals surface area contributed by atoms with Gasteiger partial charge in [0.2, 0.25) is 26.0 Å². The molecule has 2 aromatic carbocycles. The molecule has 1 amide bonds. The summed E-state index contributed by atoms with van der Waals surface area (Å²) in [6.45, 7) is 0.221. The van der Waals surface area contributed by atoms with Gasteiger partial charge in [0.15, 0.2) is 0 Å². The lowest BCUT2D eigenvalue weighted by atomic mass is 10.1. The lowest BCUT2D eigenvalue weighted by Crippen LogP contribution is -2.25. The third kappa shape index (κ3) is 6.71. The van der Waals surface area contributed by atoms with Gasteiger partial charge >= 0.3 is 0 Å². The minimum atomic E-state index is -3.74. The van der Waals surface area contributed by atoms with Gasteiger partial charge in [0.1, 0.15) is 0 Å². The molecule has 2 rings (SSSR count). The van der Waals surface area contributed by atoms with Crippen LogP contribution in [0.15, 0.2) is 53.4 Å². The molecule has 0 aliphatic heterocycles. The van der Waals surface area contributed by atoms with Crippen molar-refractivity contribution in [1.82, 2.24) is 10.0 Å². The second-order valence-electron chi connectivity index (χ2n) is 6.20. The predicted molar refractivity (Wildman–Crippen MR) is 106 cm³/mol. The van der Waals surface area contributed by atoms with Crippen LogP contribution in [0, 0.1) is 0 Å². The number of nitrogens with one attached hydrogen (secondary N) is 2. The first-order chi connectivity index (χ1) is 13.1. The highest BCUT2D eigenvalue weighted by Crippen LogP contribution is 2.13. The number of nitrogens with two attached hydrogens (primary N) is 1. The molecule has 0 spiro atoms. The van der Waals surface area contributed by atoms with Gasteiger partial charge in [-0.3, -0.25) is 4.79 Å². The van der Waals surface area contributed by atoms with E-state index < -0.39 is 20.0 Å². The summed E-state index contributed by atoms with van der Waals surface area (Å²) in [5.41, 5.74) is 2.16. The second-order valence-corrected chi connectivity index (χ2v) is 9.69. The van der Waals surface area contributed by atoms with Crippen LogP contribution in [-0.2, 0) is 43.6 Å². The number of primary sulfonamides is 1. The Morgan fingerprint density at radius 3 is 2.14 bits per heavy atom. The fraction of sp³-hybridized carbons (Fsp3) is 0.278. The Morgan fingerprint density at radius 2 is 1.57 bits per heavy atom. The van der Waals surface area contributed by atoms with Crippen LogP contribution < -0.4 is 15.2 Å². The third-order valence-corrected chi connectivity index (χ3v) is 6.39. The van der Waals surface area contributed by atoms with Crippen molar-refractivity contribution < 1.29 is 21.6 Å². The zero-order chi connectivity index (χ0) is 20.8. The maximum Gasteiger partial charge on any atom is 0.238 e. The molecule has 0 radical (unpaired) electrons. The standard InChI is InChI=1S/C18H23N3O5S2/c1-20-27(23,24)13-16-5-3-2-4-15(16)12-21-18(22)11-8-14-6-9-17(10-7-14)28(19,25)26/h2-7,9-10,20H,8,11-13H2,1H3,(H,21,22)(H2,19,25,26). The minimum Gasteiger partial charge on any atom is -0.352 e. The zero-order valence-electron chi connectivity index (χ0n) is 15.4. The quantitative estimate of drug-likeness (QED) is 0.541. The molecule has 10 heteroatoms. The molecule has 152 valence electrons. The lowest BCUT2D eigenvalue weighted by Gasteiger charge is -2.11. The molecule has 0 heterocycles. The monoisotopic (exact) mass is 425 g/mol. The van der Waals surface area contributed by atoms with E-state index in [1.165, 1.54) is 19.2 Å². The fourth-order valence-corrected chi connectivity index (χ4v) is 3.88. The average molecular weight is 426 g/mol.